The largest absolute Gasteiger partial charge is 0.327 e. The smallest absolute Gasteiger partial charge is 0.00673 e. The highest BCUT2D eigenvalue weighted by molar-refractivity contribution is 4.98. The Balaban J connectivity index is 1.46. The van der Waals surface area contributed by atoms with Gasteiger partial charge in [-0.3, -0.25) is 0 Å². The van der Waals surface area contributed by atoms with E-state index in [0.717, 1.165) is 17.8 Å². The van der Waals surface area contributed by atoms with E-state index >= 15 is 0 Å². The molecule has 0 aliphatic heterocycles. The van der Waals surface area contributed by atoms with Gasteiger partial charge in [0.1, 0.15) is 0 Å². The topological polar surface area (TPSA) is 26.0 Å². The summed E-state index contributed by atoms with van der Waals surface area (Å²) in [6.07, 6.45) is 14.1. The van der Waals surface area contributed by atoms with E-state index in [2.05, 4.69) is 6.92 Å². The van der Waals surface area contributed by atoms with Gasteiger partial charge in [0, 0.05) is 6.04 Å². The van der Waals surface area contributed by atoms with Crippen molar-refractivity contribution in [3.05, 3.63) is 0 Å². The lowest BCUT2D eigenvalue weighted by Gasteiger charge is -2.20. The molecule has 94 valence electrons. The van der Waals surface area contributed by atoms with Crippen LogP contribution < -0.4 is 5.73 Å². The molecule has 2 aliphatic rings. The van der Waals surface area contributed by atoms with E-state index in [4.69, 9.17) is 5.73 Å². The van der Waals surface area contributed by atoms with E-state index in [-0.39, 0.29) is 0 Å². The first-order valence-corrected chi connectivity index (χ1v) is 7.56. The Morgan fingerprint density at radius 1 is 0.938 bits per heavy atom. The molecular weight excluding hydrogens is 194 g/mol. The van der Waals surface area contributed by atoms with Gasteiger partial charge < -0.3 is 5.73 Å². The predicted octanol–water partition coefficient (Wildman–Crippen LogP) is 4.11. The Kier molecular flexibility index (Phi) is 4.69. The lowest BCUT2D eigenvalue weighted by Crippen LogP contribution is -2.29. The molecule has 2 aliphatic carbocycles. The minimum Gasteiger partial charge on any atom is -0.327 e. The second-order valence-electron chi connectivity index (χ2n) is 6.21. The van der Waals surface area contributed by atoms with Gasteiger partial charge in [0.05, 0.1) is 0 Å². The van der Waals surface area contributed by atoms with E-state index < -0.39 is 0 Å². The molecule has 2 rings (SSSR count). The molecule has 0 spiro atoms. The van der Waals surface area contributed by atoms with Crippen molar-refractivity contribution >= 4 is 0 Å². The molecule has 0 aromatic rings. The third-order valence-corrected chi connectivity index (χ3v) is 4.78. The second-order valence-corrected chi connectivity index (χ2v) is 6.21. The first-order chi connectivity index (χ1) is 7.81. The van der Waals surface area contributed by atoms with Gasteiger partial charge in [-0.05, 0) is 43.4 Å². The third-order valence-electron chi connectivity index (χ3n) is 4.78. The summed E-state index contributed by atoms with van der Waals surface area (Å²) >= 11 is 0. The normalized spacial score (nSPS) is 33.8. The monoisotopic (exact) mass is 223 g/mol. The van der Waals surface area contributed by atoms with Gasteiger partial charge >= 0.3 is 0 Å². The van der Waals surface area contributed by atoms with Crippen LogP contribution in [0.1, 0.15) is 71.1 Å². The van der Waals surface area contributed by atoms with Gasteiger partial charge in [0.2, 0.25) is 0 Å². The molecule has 16 heavy (non-hydrogen) atoms. The summed E-state index contributed by atoms with van der Waals surface area (Å²) in [6, 6.07) is 0.527. The van der Waals surface area contributed by atoms with E-state index in [1.54, 1.807) is 0 Å². The number of hydrogen-bond donors (Lipinski definition) is 1. The minimum atomic E-state index is 0.527. The quantitative estimate of drug-likeness (QED) is 0.616. The Hall–Kier alpha value is -0.0400. The number of hydrogen-bond acceptors (Lipinski definition) is 1. The fourth-order valence-electron chi connectivity index (χ4n) is 3.51. The molecule has 0 amide bonds. The number of rotatable bonds is 8. The molecule has 3 unspecified atom stereocenters. The summed E-state index contributed by atoms with van der Waals surface area (Å²) in [5.74, 6) is 3.08. The van der Waals surface area contributed by atoms with Crippen LogP contribution in [0.5, 0.6) is 0 Å². The SMILES string of the molecule is CCCCCCCCC(N)C1CC2CC2C1. The third kappa shape index (κ3) is 3.48. The van der Waals surface area contributed by atoms with Gasteiger partial charge in [0.25, 0.3) is 0 Å². The summed E-state index contributed by atoms with van der Waals surface area (Å²) in [5.41, 5.74) is 6.30. The van der Waals surface area contributed by atoms with Crippen molar-refractivity contribution in [2.75, 3.05) is 0 Å². The molecule has 2 N–H and O–H groups in total. The van der Waals surface area contributed by atoms with Crippen LogP contribution in [0.25, 0.3) is 0 Å². The van der Waals surface area contributed by atoms with E-state index in [1.165, 1.54) is 64.2 Å². The highest BCUT2D eigenvalue weighted by Gasteiger charge is 2.46. The van der Waals surface area contributed by atoms with Crippen molar-refractivity contribution in [1.82, 2.24) is 0 Å². The summed E-state index contributed by atoms with van der Waals surface area (Å²) < 4.78 is 0. The standard InChI is InChI=1S/C15H29N/c1-2-3-4-5-6-7-8-15(16)14-10-12-9-13(12)11-14/h12-15H,2-11,16H2,1H3. The van der Waals surface area contributed by atoms with Crippen molar-refractivity contribution in [1.29, 1.82) is 0 Å². The first kappa shape index (κ1) is 12.4. The Labute approximate surface area is 101 Å². The van der Waals surface area contributed by atoms with Crippen molar-refractivity contribution in [2.45, 2.75) is 77.2 Å². The van der Waals surface area contributed by atoms with Crippen LogP contribution in [0.15, 0.2) is 0 Å². The molecule has 0 aromatic carbocycles. The average molecular weight is 223 g/mol. The van der Waals surface area contributed by atoms with Gasteiger partial charge in [-0.1, -0.05) is 45.4 Å². The fraction of sp³-hybridized carbons (Fsp3) is 1.00. The van der Waals surface area contributed by atoms with Crippen LogP contribution in [0.3, 0.4) is 0 Å². The van der Waals surface area contributed by atoms with Gasteiger partial charge in [-0.15, -0.1) is 0 Å². The average Bonchev–Trinajstić information content (AvgIpc) is 2.90. The maximum Gasteiger partial charge on any atom is 0.00673 e. The van der Waals surface area contributed by atoms with Crippen molar-refractivity contribution in [3.8, 4) is 0 Å². The summed E-state index contributed by atoms with van der Waals surface area (Å²) in [5, 5.41) is 0. The summed E-state index contributed by atoms with van der Waals surface area (Å²) in [6.45, 7) is 2.28. The molecule has 2 saturated carbocycles. The lowest BCUT2D eigenvalue weighted by atomic mass is 9.91. The molecule has 0 saturated heterocycles. The molecule has 0 aromatic heterocycles. The Morgan fingerprint density at radius 2 is 1.56 bits per heavy atom. The molecule has 1 heteroatoms. The van der Waals surface area contributed by atoms with Crippen LogP contribution in [-0.2, 0) is 0 Å². The molecule has 0 heterocycles. The van der Waals surface area contributed by atoms with Crippen LogP contribution in [0.2, 0.25) is 0 Å². The highest BCUT2D eigenvalue weighted by atomic mass is 14.7. The second kappa shape index (κ2) is 6.05. The van der Waals surface area contributed by atoms with Crippen molar-refractivity contribution in [2.24, 2.45) is 23.5 Å². The molecule has 0 radical (unpaired) electrons. The molecule has 1 nitrogen and oxygen atoms in total. The van der Waals surface area contributed by atoms with Crippen molar-refractivity contribution < 1.29 is 0 Å². The zero-order valence-corrected chi connectivity index (χ0v) is 11.0. The molecule has 2 fully saturated rings. The minimum absolute atomic E-state index is 0.527. The molecule has 0 bridgehead atoms. The van der Waals surface area contributed by atoms with Gasteiger partial charge in [-0.25, -0.2) is 0 Å². The van der Waals surface area contributed by atoms with Crippen LogP contribution in [-0.4, -0.2) is 6.04 Å². The van der Waals surface area contributed by atoms with Gasteiger partial charge in [0.15, 0.2) is 0 Å². The number of nitrogens with two attached hydrogens (primary N) is 1. The summed E-state index contributed by atoms with van der Waals surface area (Å²) in [4.78, 5) is 0. The summed E-state index contributed by atoms with van der Waals surface area (Å²) in [7, 11) is 0. The highest BCUT2D eigenvalue weighted by Crippen LogP contribution is 2.55. The van der Waals surface area contributed by atoms with E-state index in [0.29, 0.717) is 6.04 Å². The number of fused-ring (bicyclic) bond motifs is 1. The van der Waals surface area contributed by atoms with E-state index in [9.17, 15) is 0 Å². The van der Waals surface area contributed by atoms with Crippen molar-refractivity contribution in [3.63, 3.8) is 0 Å². The van der Waals surface area contributed by atoms with E-state index in [1.807, 2.05) is 0 Å². The van der Waals surface area contributed by atoms with Crippen LogP contribution in [0, 0.1) is 17.8 Å². The van der Waals surface area contributed by atoms with Gasteiger partial charge in [-0.2, -0.15) is 0 Å². The zero-order valence-electron chi connectivity index (χ0n) is 11.0. The molecular formula is C15H29N. The Morgan fingerprint density at radius 3 is 2.25 bits per heavy atom. The van der Waals surface area contributed by atoms with Crippen LogP contribution in [0.4, 0.5) is 0 Å². The van der Waals surface area contributed by atoms with Crippen LogP contribution >= 0.6 is 0 Å². The zero-order chi connectivity index (χ0) is 11.4. The Bertz CT molecular complexity index is 192. The predicted molar refractivity (Wildman–Crippen MR) is 70.3 cm³/mol. The first-order valence-electron chi connectivity index (χ1n) is 7.56. The number of unbranched alkanes of at least 4 members (excludes halogenated alkanes) is 5. The maximum atomic E-state index is 6.30. The molecule has 3 atom stereocenters. The fourth-order valence-corrected chi connectivity index (χ4v) is 3.51. The maximum absolute atomic E-state index is 6.30. The lowest BCUT2D eigenvalue weighted by molar-refractivity contribution is 0.366.